The van der Waals surface area contributed by atoms with E-state index in [1.807, 2.05) is 12.3 Å². The summed E-state index contributed by atoms with van der Waals surface area (Å²) in [5.74, 6) is 0. The van der Waals surface area contributed by atoms with Crippen LogP contribution in [0.1, 0.15) is 25.1 Å². The molecule has 1 aromatic heterocycles. The van der Waals surface area contributed by atoms with Crippen molar-refractivity contribution in [2.24, 2.45) is 5.73 Å². The largest absolute Gasteiger partial charge is 0.326 e. The molecule has 0 spiro atoms. The lowest BCUT2D eigenvalue weighted by Crippen LogP contribution is -2.32. The molecule has 0 aliphatic carbocycles. The van der Waals surface area contributed by atoms with E-state index in [0.29, 0.717) is 0 Å². The van der Waals surface area contributed by atoms with Gasteiger partial charge in [-0.1, -0.05) is 6.92 Å². The van der Waals surface area contributed by atoms with Crippen molar-refractivity contribution in [2.45, 2.75) is 25.4 Å². The van der Waals surface area contributed by atoms with Crippen LogP contribution in [0, 0.1) is 0 Å². The fraction of sp³-hybridized carbons (Fsp3) is 0.545. The number of nitrogens with two attached hydrogens (primary N) is 1. The van der Waals surface area contributed by atoms with Crippen LogP contribution in [0.4, 0.5) is 0 Å². The van der Waals surface area contributed by atoms with E-state index in [1.54, 1.807) is 0 Å². The molecule has 0 saturated carbocycles. The van der Waals surface area contributed by atoms with E-state index in [-0.39, 0.29) is 12.1 Å². The Balaban J connectivity index is 2.34. The molecule has 88 valence electrons. The van der Waals surface area contributed by atoms with Crippen molar-refractivity contribution in [3.8, 4) is 0 Å². The van der Waals surface area contributed by atoms with E-state index in [4.69, 9.17) is 5.73 Å². The molecule has 1 saturated heterocycles. The summed E-state index contributed by atoms with van der Waals surface area (Å²) in [6.07, 6.45) is 2.88. The third-order valence-electron chi connectivity index (χ3n) is 3.07. The van der Waals surface area contributed by atoms with Gasteiger partial charge in [0.05, 0.1) is 11.7 Å². The minimum Gasteiger partial charge on any atom is -0.326 e. The lowest BCUT2D eigenvalue weighted by molar-refractivity contribution is 0.255. The van der Waals surface area contributed by atoms with Gasteiger partial charge in [0.1, 0.15) is 0 Å². The Morgan fingerprint density at radius 1 is 1.56 bits per heavy atom. The molecule has 2 N–H and O–H groups in total. The molecule has 1 aromatic rings. The quantitative estimate of drug-likeness (QED) is 0.893. The van der Waals surface area contributed by atoms with Crippen molar-refractivity contribution in [3.63, 3.8) is 0 Å². The van der Waals surface area contributed by atoms with Crippen molar-refractivity contribution < 1.29 is 0 Å². The second-order valence-electron chi connectivity index (χ2n) is 4.05. The third-order valence-corrected chi connectivity index (χ3v) is 4.14. The number of hydrogen-bond donors (Lipinski definition) is 1. The highest BCUT2D eigenvalue weighted by molar-refractivity contribution is 9.11. The van der Waals surface area contributed by atoms with Gasteiger partial charge in [0, 0.05) is 27.7 Å². The van der Waals surface area contributed by atoms with Gasteiger partial charge < -0.3 is 5.73 Å². The van der Waals surface area contributed by atoms with Crippen LogP contribution in [0.3, 0.4) is 0 Å². The first-order valence-corrected chi connectivity index (χ1v) is 7.02. The maximum absolute atomic E-state index is 6.17. The average Bonchev–Trinajstić information content (AvgIpc) is 2.60. The summed E-state index contributed by atoms with van der Waals surface area (Å²) in [6, 6.07) is 2.46. The zero-order chi connectivity index (χ0) is 11.7. The van der Waals surface area contributed by atoms with Crippen LogP contribution in [0.2, 0.25) is 0 Å². The van der Waals surface area contributed by atoms with Crippen molar-refractivity contribution in [1.29, 1.82) is 0 Å². The van der Waals surface area contributed by atoms with Gasteiger partial charge in [-0.05, 0) is 50.9 Å². The zero-order valence-electron chi connectivity index (χ0n) is 9.16. The molecule has 2 unspecified atom stereocenters. The van der Waals surface area contributed by atoms with E-state index in [9.17, 15) is 0 Å². The number of likely N-dealkylation sites (N-methyl/N-ethyl adjacent to an activating group) is 1. The molecule has 0 radical (unpaired) electrons. The van der Waals surface area contributed by atoms with Crippen molar-refractivity contribution in [3.05, 3.63) is 26.9 Å². The number of nitrogens with zero attached hydrogens (tertiary/aromatic N) is 2. The van der Waals surface area contributed by atoms with Crippen LogP contribution in [0.5, 0.6) is 0 Å². The van der Waals surface area contributed by atoms with Crippen LogP contribution >= 0.6 is 31.9 Å². The Labute approximate surface area is 113 Å². The van der Waals surface area contributed by atoms with Crippen molar-refractivity contribution in [2.75, 3.05) is 13.1 Å². The Morgan fingerprint density at radius 2 is 2.31 bits per heavy atom. The predicted octanol–water partition coefficient (Wildman–Crippen LogP) is 2.70. The summed E-state index contributed by atoms with van der Waals surface area (Å²) < 4.78 is 2.01. The molecular weight excluding hydrogens is 334 g/mol. The lowest BCUT2D eigenvalue weighted by atomic mass is 10.1. The fourth-order valence-electron chi connectivity index (χ4n) is 2.26. The molecule has 2 atom stereocenters. The highest BCUT2D eigenvalue weighted by Crippen LogP contribution is 2.34. The molecule has 2 rings (SSSR count). The molecular formula is C11H15Br2N3. The molecule has 0 aromatic carbocycles. The maximum atomic E-state index is 6.17. The van der Waals surface area contributed by atoms with Gasteiger partial charge in [-0.25, -0.2) is 0 Å². The summed E-state index contributed by atoms with van der Waals surface area (Å²) >= 11 is 6.98. The summed E-state index contributed by atoms with van der Waals surface area (Å²) in [5.41, 5.74) is 7.22. The Morgan fingerprint density at radius 3 is 2.94 bits per heavy atom. The van der Waals surface area contributed by atoms with E-state index >= 15 is 0 Å². The first-order valence-electron chi connectivity index (χ1n) is 5.44. The van der Waals surface area contributed by atoms with E-state index in [1.165, 1.54) is 0 Å². The summed E-state index contributed by atoms with van der Waals surface area (Å²) in [7, 11) is 0. The molecule has 0 bridgehead atoms. The molecule has 2 heterocycles. The van der Waals surface area contributed by atoms with Gasteiger partial charge in [0.15, 0.2) is 0 Å². The first kappa shape index (κ1) is 12.5. The molecule has 5 heteroatoms. The SMILES string of the molecule is CCN1CCC(N)C1c1ncc(Br)cc1Br. The molecule has 3 nitrogen and oxygen atoms in total. The van der Waals surface area contributed by atoms with Crippen LogP contribution < -0.4 is 5.73 Å². The number of hydrogen-bond acceptors (Lipinski definition) is 3. The fourth-order valence-corrected chi connectivity index (χ4v) is 3.48. The molecule has 1 aliphatic heterocycles. The Bertz CT molecular complexity index is 383. The van der Waals surface area contributed by atoms with Crippen molar-refractivity contribution in [1.82, 2.24) is 9.88 Å². The predicted molar refractivity (Wildman–Crippen MR) is 72.2 cm³/mol. The van der Waals surface area contributed by atoms with E-state index in [2.05, 4.69) is 48.7 Å². The minimum atomic E-state index is 0.185. The van der Waals surface area contributed by atoms with Gasteiger partial charge in [0.2, 0.25) is 0 Å². The normalized spacial score (nSPS) is 26.2. The van der Waals surface area contributed by atoms with E-state index < -0.39 is 0 Å². The average molecular weight is 349 g/mol. The standard InChI is InChI=1S/C11H15Br2N3/c1-2-16-4-3-9(14)11(16)10-8(13)5-7(12)6-15-10/h5-6,9,11H,2-4,14H2,1H3. The molecule has 1 aliphatic rings. The minimum absolute atomic E-state index is 0.185. The molecule has 0 amide bonds. The molecule has 16 heavy (non-hydrogen) atoms. The smallest absolute Gasteiger partial charge is 0.0733 e. The van der Waals surface area contributed by atoms with Gasteiger partial charge in [-0.2, -0.15) is 0 Å². The van der Waals surface area contributed by atoms with Gasteiger partial charge in [-0.15, -0.1) is 0 Å². The number of pyridine rings is 1. The Kier molecular flexibility index (Phi) is 4.00. The van der Waals surface area contributed by atoms with Crippen LogP contribution in [0.15, 0.2) is 21.2 Å². The first-order chi connectivity index (χ1) is 7.63. The zero-order valence-corrected chi connectivity index (χ0v) is 12.3. The summed E-state index contributed by atoms with van der Waals surface area (Å²) in [4.78, 5) is 6.87. The van der Waals surface area contributed by atoms with E-state index in [0.717, 1.165) is 34.1 Å². The monoisotopic (exact) mass is 347 g/mol. The second kappa shape index (κ2) is 5.12. The van der Waals surface area contributed by atoms with Gasteiger partial charge in [-0.3, -0.25) is 9.88 Å². The molecule has 1 fully saturated rings. The van der Waals surface area contributed by atoms with Crippen LogP contribution in [-0.4, -0.2) is 29.0 Å². The number of halogens is 2. The lowest BCUT2D eigenvalue weighted by Gasteiger charge is -2.25. The summed E-state index contributed by atoms with van der Waals surface area (Å²) in [6.45, 7) is 4.24. The highest BCUT2D eigenvalue weighted by Gasteiger charge is 2.33. The maximum Gasteiger partial charge on any atom is 0.0733 e. The second-order valence-corrected chi connectivity index (χ2v) is 5.82. The Hall–Kier alpha value is 0.0300. The number of likely N-dealkylation sites (tertiary alicyclic amines) is 1. The number of aromatic nitrogens is 1. The van der Waals surface area contributed by atoms with Gasteiger partial charge in [0.25, 0.3) is 0 Å². The third kappa shape index (κ3) is 2.32. The van der Waals surface area contributed by atoms with Gasteiger partial charge >= 0.3 is 0 Å². The topological polar surface area (TPSA) is 42.1 Å². The van der Waals surface area contributed by atoms with Crippen LogP contribution in [0.25, 0.3) is 0 Å². The highest BCUT2D eigenvalue weighted by atomic mass is 79.9. The van der Waals surface area contributed by atoms with Crippen molar-refractivity contribution >= 4 is 31.9 Å². The number of rotatable bonds is 2. The van der Waals surface area contributed by atoms with Crippen LogP contribution in [-0.2, 0) is 0 Å². The summed E-state index contributed by atoms with van der Waals surface area (Å²) in [5, 5.41) is 0.